The molecule has 0 bridgehead atoms. The summed E-state index contributed by atoms with van der Waals surface area (Å²) in [4.78, 5) is 11.2. The highest BCUT2D eigenvalue weighted by molar-refractivity contribution is 7.88. The summed E-state index contributed by atoms with van der Waals surface area (Å²) in [6.07, 6.45) is 1.09. The molecule has 0 aliphatic carbocycles. The van der Waals surface area contributed by atoms with Crippen molar-refractivity contribution >= 4 is 33.5 Å². The molecule has 0 radical (unpaired) electrons. The lowest BCUT2D eigenvalue weighted by Crippen LogP contribution is -2.48. The maximum Gasteiger partial charge on any atom is 0.228 e. The quantitative estimate of drug-likeness (QED) is 0.690. The molecular formula is C8H15ClN6O2S. The third-order valence-corrected chi connectivity index (χ3v) is 2.87. The number of rotatable bonds is 5. The molecule has 0 atom stereocenters. The van der Waals surface area contributed by atoms with Gasteiger partial charge in [-0.1, -0.05) is 0 Å². The molecule has 10 heteroatoms. The van der Waals surface area contributed by atoms with E-state index in [9.17, 15) is 8.42 Å². The summed E-state index contributed by atoms with van der Waals surface area (Å²) in [6, 6.07) is 0. The van der Waals surface area contributed by atoms with Crippen LogP contribution in [0, 0.1) is 0 Å². The van der Waals surface area contributed by atoms with Crippen LogP contribution < -0.4 is 15.8 Å². The molecular weight excluding hydrogens is 280 g/mol. The Morgan fingerprint density at radius 2 is 1.94 bits per heavy atom. The van der Waals surface area contributed by atoms with Crippen LogP contribution in [0.2, 0.25) is 5.28 Å². The summed E-state index contributed by atoms with van der Waals surface area (Å²) in [6.45, 7) is 3.69. The third kappa shape index (κ3) is 5.43. The van der Waals surface area contributed by atoms with Crippen molar-refractivity contribution < 1.29 is 8.42 Å². The van der Waals surface area contributed by atoms with Gasteiger partial charge in [0.15, 0.2) is 0 Å². The first-order valence-electron chi connectivity index (χ1n) is 4.97. The van der Waals surface area contributed by atoms with E-state index in [4.69, 9.17) is 17.3 Å². The van der Waals surface area contributed by atoms with Crippen LogP contribution >= 0.6 is 11.6 Å². The Morgan fingerprint density at radius 3 is 2.44 bits per heavy atom. The van der Waals surface area contributed by atoms with Crippen molar-refractivity contribution in [1.29, 1.82) is 0 Å². The number of nitrogens with two attached hydrogens (primary N) is 1. The highest BCUT2D eigenvalue weighted by Crippen LogP contribution is 2.09. The fraction of sp³-hybridized carbons (Fsp3) is 0.625. The van der Waals surface area contributed by atoms with E-state index in [-0.39, 0.29) is 23.7 Å². The first-order valence-corrected chi connectivity index (χ1v) is 7.24. The van der Waals surface area contributed by atoms with Crippen molar-refractivity contribution in [2.75, 3.05) is 23.9 Å². The number of sulfonamides is 1. The molecule has 0 unspecified atom stereocenters. The van der Waals surface area contributed by atoms with Gasteiger partial charge >= 0.3 is 0 Å². The van der Waals surface area contributed by atoms with Crippen LogP contribution in [-0.4, -0.2) is 41.7 Å². The molecule has 0 amide bonds. The zero-order chi connectivity index (χ0) is 14.0. The molecule has 0 fully saturated rings. The minimum Gasteiger partial charge on any atom is -0.368 e. The van der Waals surface area contributed by atoms with Gasteiger partial charge in [0.1, 0.15) is 0 Å². The maximum absolute atomic E-state index is 11.1. The average Bonchev–Trinajstić information content (AvgIpc) is 2.09. The molecule has 102 valence electrons. The lowest BCUT2D eigenvalue weighted by Gasteiger charge is -2.25. The molecule has 1 aromatic heterocycles. The first-order chi connectivity index (χ1) is 8.07. The van der Waals surface area contributed by atoms with Gasteiger partial charge in [0, 0.05) is 12.1 Å². The highest BCUT2D eigenvalue weighted by Gasteiger charge is 2.22. The van der Waals surface area contributed by atoms with Crippen LogP contribution in [0.5, 0.6) is 0 Å². The summed E-state index contributed by atoms with van der Waals surface area (Å²) >= 11 is 5.61. The van der Waals surface area contributed by atoms with E-state index in [0.29, 0.717) is 0 Å². The monoisotopic (exact) mass is 294 g/mol. The van der Waals surface area contributed by atoms with Crippen molar-refractivity contribution in [3.05, 3.63) is 5.28 Å². The Labute approximate surface area is 110 Å². The van der Waals surface area contributed by atoms with Gasteiger partial charge < -0.3 is 11.1 Å². The average molecular weight is 295 g/mol. The van der Waals surface area contributed by atoms with Gasteiger partial charge in [-0.2, -0.15) is 15.0 Å². The molecule has 1 aromatic rings. The van der Waals surface area contributed by atoms with Gasteiger partial charge in [-0.3, -0.25) is 0 Å². The van der Waals surface area contributed by atoms with Gasteiger partial charge in [0.25, 0.3) is 0 Å². The zero-order valence-corrected chi connectivity index (χ0v) is 11.8. The highest BCUT2D eigenvalue weighted by atomic mass is 35.5. The van der Waals surface area contributed by atoms with Crippen molar-refractivity contribution in [3.63, 3.8) is 0 Å². The third-order valence-electron chi connectivity index (χ3n) is 1.78. The molecule has 8 nitrogen and oxygen atoms in total. The smallest absolute Gasteiger partial charge is 0.228 e. The van der Waals surface area contributed by atoms with Gasteiger partial charge in [0.05, 0.1) is 6.26 Å². The van der Waals surface area contributed by atoms with Crippen LogP contribution in [0.1, 0.15) is 13.8 Å². The zero-order valence-electron chi connectivity index (χ0n) is 10.2. The summed E-state index contributed by atoms with van der Waals surface area (Å²) in [7, 11) is -3.30. The molecule has 18 heavy (non-hydrogen) atoms. The summed E-state index contributed by atoms with van der Waals surface area (Å²) in [5, 5.41) is 2.81. The standard InChI is InChI=1S/C8H15ClN6O2S/c1-8(2,15-18(3,16)17)4-11-7-13-5(9)12-6(10)14-7/h15H,4H2,1-3H3,(H3,10,11,12,13,14). The fourth-order valence-corrected chi connectivity index (χ4v) is 2.53. The van der Waals surface area contributed by atoms with Gasteiger partial charge in [-0.05, 0) is 25.4 Å². The molecule has 0 spiro atoms. The van der Waals surface area contributed by atoms with Crippen LogP contribution in [0.4, 0.5) is 11.9 Å². The lowest BCUT2D eigenvalue weighted by molar-refractivity contribution is 0.475. The number of nitrogens with one attached hydrogen (secondary N) is 2. The topological polar surface area (TPSA) is 123 Å². The molecule has 0 saturated carbocycles. The maximum atomic E-state index is 11.1. The number of anilines is 2. The molecule has 1 rings (SSSR count). The second-order valence-corrected chi connectivity index (χ2v) is 6.48. The number of hydrogen-bond donors (Lipinski definition) is 3. The molecule has 0 saturated heterocycles. The molecule has 0 aliphatic heterocycles. The summed E-state index contributed by atoms with van der Waals surface area (Å²) < 4.78 is 24.8. The number of hydrogen-bond acceptors (Lipinski definition) is 7. The normalized spacial score (nSPS) is 12.4. The molecule has 1 heterocycles. The van der Waals surface area contributed by atoms with Crippen molar-refractivity contribution in [3.8, 4) is 0 Å². The Balaban J connectivity index is 2.69. The van der Waals surface area contributed by atoms with Crippen LogP contribution in [0.3, 0.4) is 0 Å². The molecule has 0 aliphatic rings. The summed E-state index contributed by atoms with van der Waals surface area (Å²) in [5.41, 5.74) is 4.70. The molecule has 4 N–H and O–H groups in total. The van der Waals surface area contributed by atoms with Crippen LogP contribution in [-0.2, 0) is 10.0 Å². The van der Waals surface area contributed by atoms with Crippen molar-refractivity contribution in [2.24, 2.45) is 0 Å². The largest absolute Gasteiger partial charge is 0.368 e. The lowest BCUT2D eigenvalue weighted by atomic mass is 10.1. The number of aromatic nitrogens is 3. The number of nitrogen functional groups attached to an aromatic ring is 1. The number of nitrogens with zero attached hydrogens (tertiary/aromatic N) is 3. The second kappa shape index (κ2) is 5.21. The Morgan fingerprint density at radius 1 is 1.33 bits per heavy atom. The van der Waals surface area contributed by atoms with Crippen molar-refractivity contribution in [1.82, 2.24) is 19.7 Å². The van der Waals surface area contributed by atoms with Gasteiger partial charge in [-0.25, -0.2) is 13.1 Å². The predicted octanol–water partition coefficient (Wildman–Crippen LogP) is -0.153. The van der Waals surface area contributed by atoms with Gasteiger partial charge in [0.2, 0.25) is 27.2 Å². The Kier molecular flexibility index (Phi) is 4.30. The van der Waals surface area contributed by atoms with E-state index < -0.39 is 15.6 Å². The van der Waals surface area contributed by atoms with E-state index >= 15 is 0 Å². The van der Waals surface area contributed by atoms with E-state index in [1.54, 1.807) is 13.8 Å². The van der Waals surface area contributed by atoms with E-state index in [1.807, 2.05) is 0 Å². The Hall–Kier alpha value is -1.19. The second-order valence-electron chi connectivity index (χ2n) is 4.40. The summed E-state index contributed by atoms with van der Waals surface area (Å²) in [5.74, 6) is 0.183. The molecule has 0 aromatic carbocycles. The Bertz CT molecular complexity index is 512. The number of halogens is 1. The van der Waals surface area contributed by atoms with E-state index in [0.717, 1.165) is 6.26 Å². The SMILES string of the molecule is CC(C)(CNc1nc(N)nc(Cl)n1)NS(C)(=O)=O. The first kappa shape index (κ1) is 14.9. The predicted molar refractivity (Wildman–Crippen MR) is 69.8 cm³/mol. The van der Waals surface area contributed by atoms with E-state index in [1.165, 1.54) is 0 Å². The van der Waals surface area contributed by atoms with Gasteiger partial charge in [-0.15, -0.1) is 0 Å². The van der Waals surface area contributed by atoms with Crippen LogP contribution in [0.25, 0.3) is 0 Å². The van der Waals surface area contributed by atoms with E-state index in [2.05, 4.69) is 25.0 Å². The minimum absolute atomic E-state index is 0.00798. The van der Waals surface area contributed by atoms with Crippen molar-refractivity contribution in [2.45, 2.75) is 19.4 Å². The van der Waals surface area contributed by atoms with Crippen LogP contribution in [0.15, 0.2) is 0 Å². The fourth-order valence-electron chi connectivity index (χ4n) is 1.28. The minimum atomic E-state index is -3.30.